The minimum atomic E-state index is 0.466. The summed E-state index contributed by atoms with van der Waals surface area (Å²) in [6, 6.07) is 0.682. The summed E-state index contributed by atoms with van der Waals surface area (Å²) < 4.78 is 0. The highest BCUT2D eigenvalue weighted by atomic mass is 35.5. The zero-order valence-electron chi connectivity index (χ0n) is 9.77. The van der Waals surface area contributed by atoms with E-state index in [4.69, 9.17) is 11.6 Å². The van der Waals surface area contributed by atoms with Crippen molar-refractivity contribution < 1.29 is 0 Å². The maximum Gasteiger partial charge on any atom is 0.147 e. The molecule has 1 aromatic heterocycles. The van der Waals surface area contributed by atoms with E-state index >= 15 is 0 Å². The van der Waals surface area contributed by atoms with Crippen molar-refractivity contribution in [2.75, 3.05) is 19.6 Å². The van der Waals surface area contributed by atoms with E-state index in [1.807, 2.05) is 0 Å². The van der Waals surface area contributed by atoms with Crippen LogP contribution in [-0.2, 0) is 6.54 Å². The predicted molar refractivity (Wildman–Crippen MR) is 66.8 cm³/mol. The summed E-state index contributed by atoms with van der Waals surface area (Å²) in [6.45, 7) is 4.36. The van der Waals surface area contributed by atoms with Crippen molar-refractivity contribution >= 4 is 11.6 Å². The third kappa shape index (κ3) is 2.44. The summed E-state index contributed by atoms with van der Waals surface area (Å²) in [5, 5.41) is 3.96. The van der Waals surface area contributed by atoms with Gasteiger partial charge in [-0.05, 0) is 31.8 Å². The van der Waals surface area contributed by atoms with Crippen LogP contribution in [0.5, 0.6) is 0 Å². The maximum absolute atomic E-state index is 5.75. The number of aromatic nitrogens is 2. The summed E-state index contributed by atoms with van der Waals surface area (Å²) in [7, 11) is 0. The van der Waals surface area contributed by atoms with Crippen molar-refractivity contribution in [3.8, 4) is 0 Å². The number of likely N-dealkylation sites (tertiary alicyclic amines) is 1. The van der Waals surface area contributed by atoms with Crippen molar-refractivity contribution in [1.29, 1.82) is 0 Å². The lowest BCUT2D eigenvalue weighted by atomic mass is 9.92. The second-order valence-corrected chi connectivity index (χ2v) is 5.32. The quantitative estimate of drug-likeness (QED) is 0.862. The summed E-state index contributed by atoms with van der Waals surface area (Å²) in [6.07, 6.45) is 6.07. The summed E-state index contributed by atoms with van der Waals surface area (Å²) in [4.78, 5) is 11.0. The molecule has 0 aliphatic carbocycles. The Morgan fingerprint density at radius 2 is 2.29 bits per heavy atom. The maximum atomic E-state index is 5.75. The molecule has 3 rings (SSSR count). The molecule has 1 N–H and O–H groups in total. The van der Waals surface area contributed by atoms with Crippen molar-refractivity contribution in [2.45, 2.75) is 25.4 Å². The first-order valence-electron chi connectivity index (χ1n) is 6.24. The second kappa shape index (κ2) is 4.88. The number of nitrogens with one attached hydrogen (secondary N) is 1. The SMILES string of the molecule is Clc1cnc(CN2CCCC3CNCC32)cn1. The molecule has 2 unspecified atom stereocenters. The number of halogens is 1. The Hall–Kier alpha value is -0.710. The molecular formula is C12H17ClN4. The van der Waals surface area contributed by atoms with E-state index in [1.54, 1.807) is 12.4 Å². The van der Waals surface area contributed by atoms with Crippen LogP contribution in [0.1, 0.15) is 18.5 Å². The molecule has 2 aliphatic rings. The van der Waals surface area contributed by atoms with Crippen molar-refractivity contribution in [2.24, 2.45) is 5.92 Å². The van der Waals surface area contributed by atoms with Crippen LogP contribution in [0, 0.1) is 5.92 Å². The zero-order chi connectivity index (χ0) is 11.7. The standard InChI is InChI=1S/C12H17ClN4/c13-12-7-15-10(5-16-12)8-17-3-1-2-9-4-14-6-11(9)17/h5,7,9,11,14H,1-4,6,8H2. The number of fused-ring (bicyclic) bond motifs is 1. The molecule has 0 bridgehead atoms. The van der Waals surface area contributed by atoms with Gasteiger partial charge in [-0.15, -0.1) is 0 Å². The lowest BCUT2D eigenvalue weighted by molar-refractivity contribution is 0.116. The van der Waals surface area contributed by atoms with Gasteiger partial charge in [0.1, 0.15) is 5.15 Å². The van der Waals surface area contributed by atoms with Crippen LogP contribution in [0.3, 0.4) is 0 Å². The molecular weight excluding hydrogens is 236 g/mol. The van der Waals surface area contributed by atoms with Crippen LogP contribution in [-0.4, -0.2) is 40.5 Å². The van der Waals surface area contributed by atoms with Gasteiger partial charge in [-0.3, -0.25) is 9.88 Å². The average molecular weight is 253 g/mol. The molecule has 0 saturated carbocycles. The fraction of sp³-hybridized carbons (Fsp3) is 0.667. The fourth-order valence-electron chi connectivity index (χ4n) is 2.99. The normalized spacial score (nSPS) is 29.2. The Balaban J connectivity index is 1.69. The van der Waals surface area contributed by atoms with Crippen LogP contribution in [0.2, 0.25) is 5.15 Å². The van der Waals surface area contributed by atoms with Gasteiger partial charge in [0.05, 0.1) is 18.1 Å². The first-order chi connectivity index (χ1) is 8.33. The third-order valence-electron chi connectivity index (χ3n) is 3.83. The molecule has 2 saturated heterocycles. The second-order valence-electron chi connectivity index (χ2n) is 4.93. The molecule has 4 nitrogen and oxygen atoms in total. The molecule has 2 atom stereocenters. The number of nitrogens with zero attached hydrogens (tertiary/aromatic N) is 3. The van der Waals surface area contributed by atoms with Gasteiger partial charge in [-0.1, -0.05) is 11.6 Å². The van der Waals surface area contributed by atoms with Crippen molar-refractivity contribution in [3.63, 3.8) is 0 Å². The van der Waals surface area contributed by atoms with E-state index < -0.39 is 0 Å². The summed E-state index contributed by atoms with van der Waals surface area (Å²) in [5.74, 6) is 0.823. The zero-order valence-corrected chi connectivity index (χ0v) is 10.5. The highest BCUT2D eigenvalue weighted by Gasteiger charge is 2.34. The van der Waals surface area contributed by atoms with Crippen molar-refractivity contribution in [1.82, 2.24) is 20.2 Å². The number of rotatable bonds is 2. The summed E-state index contributed by atoms with van der Waals surface area (Å²) in [5.41, 5.74) is 1.02. The molecule has 2 fully saturated rings. The Morgan fingerprint density at radius 1 is 1.35 bits per heavy atom. The van der Waals surface area contributed by atoms with E-state index in [9.17, 15) is 0 Å². The van der Waals surface area contributed by atoms with E-state index in [2.05, 4.69) is 20.2 Å². The molecule has 3 heterocycles. The number of piperidine rings is 1. The molecule has 0 spiro atoms. The summed E-state index contributed by atoms with van der Waals surface area (Å²) >= 11 is 5.75. The van der Waals surface area contributed by atoms with E-state index in [0.29, 0.717) is 11.2 Å². The van der Waals surface area contributed by atoms with Gasteiger partial charge in [-0.25, -0.2) is 4.98 Å². The largest absolute Gasteiger partial charge is 0.315 e. The van der Waals surface area contributed by atoms with E-state index in [0.717, 1.165) is 24.7 Å². The first-order valence-corrected chi connectivity index (χ1v) is 6.62. The topological polar surface area (TPSA) is 41.1 Å². The van der Waals surface area contributed by atoms with Crippen LogP contribution in [0.25, 0.3) is 0 Å². The number of hydrogen-bond donors (Lipinski definition) is 1. The molecule has 0 amide bonds. The minimum Gasteiger partial charge on any atom is -0.315 e. The molecule has 17 heavy (non-hydrogen) atoms. The first kappa shape index (κ1) is 11.4. The Kier molecular flexibility index (Phi) is 3.27. The van der Waals surface area contributed by atoms with Gasteiger partial charge in [0.25, 0.3) is 0 Å². The molecule has 0 radical (unpaired) electrons. The Morgan fingerprint density at radius 3 is 3.12 bits per heavy atom. The van der Waals surface area contributed by atoms with Crippen LogP contribution in [0.15, 0.2) is 12.4 Å². The molecule has 1 aromatic rings. The van der Waals surface area contributed by atoms with Crippen LogP contribution >= 0.6 is 11.6 Å². The Bertz CT molecular complexity index is 381. The van der Waals surface area contributed by atoms with Gasteiger partial charge in [0.15, 0.2) is 0 Å². The highest BCUT2D eigenvalue weighted by Crippen LogP contribution is 2.27. The molecule has 92 valence electrons. The van der Waals surface area contributed by atoms with Gasteiger partial charge in [-0.2, -0.15) is 0 Å². The van der Waals surface area contributed by atoms with E-state index in [1.165, 1.54) is 25.9 Å². The van der Waals surface area contributed by atoms with Crippen LogP contribution in [0.4, 0.5) is 0 Å². The monoisotopic (exact) mass is 252 g/mol. The van der Waals surface area contributed by atoms with Gasteiger partial charge in [0, 0.05) is 19.1 Å². The predicted octanol–water partition coefficient (Wildman–Crippen LogP) is 1.31. The fourth-order valence-corrected chi connectivity index (χ4v) is 3.09. The lowest BCUT2D eigenvalue weighted by Crippen LogP contribution is -2.44. The lowest BCUT2D eigenvalue weighted by Gasteiger charge is -2.36. The number of hydrogen-bond acceptors (Lipinski definition) is 4. The van der Waals surface area contributed by atoms with Crippen molar-refractivity contribution in [3.05, 3.63) is 23.2 Å². The minimum absolute atomic E-state index is 0.466. The molecule has 2 aliphatic heterocycles. The third-order valence-corrected chi connectivity index (χ3v) is 4.03. The van der Waals surface area contributed by atoms with Gasteiger partial charge in [0.2, 0.25) is 0 Å². The average Bonchev–Trinajstić information content (AvgIpc) is 2.81. The van der Waals surface area contributed by atoms with Crippen LogP contribution < -0.4 is 5.32 Å². The molecule has 0 aromatic carbocycles. The van der Waals surface area contributed by atoms with E-state index in [-0.39, 0.29) is 0 Å². The Labute approximate surface area is 106 Å². The highest BCUT2D eigenvalue weighted by molar-refractivity contribution is 6.29. The van der Waals surface area contributed by atoms with Gasteiger partial charge >= 0.3 is 0 Å². The van der Waals surface area contributed by atoms with Gasteiger partial charge < -0.3 is 5.32 Å². The smallest absolute Gasteiger partial charge is 0.147 e. The molecule has 5 heteroatoms.